The molecule has 2 aliphatic heterocycles. The number of hydrogen-bond donors (Lipinski definition) is 0. The van der Waals surface area contributed by atoms with Gasteiger partial charge in [-0.2, -0.15) is 5.10 Å². The van der Waals surface area contributed by atoms with E-state index in [1.807, 2.05) is 24.3 Å². The molecule has 1 saturated heterocycles. The van der Waals surface area contributed by atoms with Crippen molar-refractivity contribution in [3.8, 4) is 17.2 Å². The summed E-state index contributed by atoms with van der Waals surface area (Å²) >= 11 is 0. The first-order valence-corrected chi connectivity index (χ1v) is 14.0. The number of ether oxygens (including phenoxy) is 3. The zero-order chi connectivity index (χ0) is 29.9. The number of methoxy groups -OCH3 is 3. The van der Waals surface area contributed by atoms with Gasteiger partial charge in [-0.15, -0.1) is 0 Å². The minimum Gasteiger partial charge on any atom is -0.497 e. The monoisotopic (exact) mass is 572 g/mol. The van der Waals surface area contributed by atoms with Crippen molar-refractivity contribution in [1.29, 1.82) is 0 Å². The molecule has 3 aliphatic rings. The fourth-order valence-corrected chi connectivity index (χ4v) is 7.13. The fraction of sp³-hybridized carbons (Fsp3) is 0.200. The third-order valence-electron chi connectivity index (χ3n) is 8.99. The second-order valence-corrected chi connectivity index (χ2v) is 10.9. The van der Waals surface area contributed by atoms with Crippen molar-refractivity contribution in [3.63, 3.8) is 0 Å². The molecule has 214 valence electrons. The molecule has 0 bridgehead atoms. The van der Waals surface area contributed by atoms with Crippen LogP contribution >= 0.6 is 0 Å². The predicted octanol–water partition coefficient (Wildman–Crippen LogP) is 5.52. The van der Waals surface area contributed by atoms with Crippen LogP contribution in [0.15, 0.2) is 96.1 Å². The molecule has 0 unspecified atom stereocenters. The summed E-state index contributed by atoms with van der Waals surface area (Å²) in [6.45, 7) is 0. The van der Waals surface area contributed by atoms with Crippen LogP contribution < -0.4 is 14.2 Å². The van der Waals surface area contributed by atoms with Gasteiger partial charge in [-0.25, -0.2) is 0 Å². The number of carbonyl (C=O) groups is 3. The average Bonchev–Trinajstić information content (AvgIpc) is 3.50. The molecule has 8 heteroatoms. The molecule has 1 aliphatic carbocycles. The molecule has 2 heterocycles. The molecule has 4 aromatic carbocycles. The van der Waals surface area contributed by atoms with Crippen LogP contribution in [0, 0.1) is 5.41 Å². The number of fused-ring (bicyclic) bond motifs is 5. The molecule has 4 aromatic rings. The Morgan fingerprint density at radius 2 is 1.37 bits per heavy atom. The first-order chi connectivity index (χ1) is 20.9. The summed E-state index contributed by atoms with van der Waals surface area (Å²) in [5.41, 5.74) is 1.41. The molecule has 0 aromatic heterocycles. The van der Waals surface area contributed by atoms with E-state index in [2.05, 4.69) is 0 Å². The summed E-state index contributed by atoms with van der Waals surface area (Å²) in [7, 11) is 4.63. The van der Waals surface area contributed by atoms with Gasteiger partial charge >= 0.3 is 0 Å². The Hall–Kier alpha value is -5.24. The van der Waals surface area contributed by atoms with Gasteiger partial charge in [0.25, 0.3) is 0 Å². The van der Waals surface area contributed by atoms with Gasteiger partial charge in [0.2, 0.25) is 0 Å². The van der Waals surface area contributed by atoms with Crippen LogP contribution in [0.25, 0.3) is 0 Å². The maximum atomic E-state index is 14.9. The molecule has 0 N–H and O–H groups in total. The predicted molar refractivity (Wildman–Crippen MR) is 160 cm³/mol. The van der Waals surface area contributed by atoms with Crippen LogP contribution in [-0.4, -0.2) is 55.9 Å². The molecule has 1 fully saturated rings. The first kappa shape index (κ1) is 26.6. The zero-order valence-corrected chi connectivity index (χ0v) is 23.8. The van der Waals surface area contributed by atoms with E-state index in [0.29, 0.717) is 39.5 Å². The standard InChI is InChI=1S/C35H28N2O6/c1-41-22-14-12-20(13-15-22)31(38)30-29(27-18-23(42-2)16-17-28(27)43-3)35(33(39)25-10-6-7-11-26(25)34(35)40)32-24-9-5-4-8-21(24)19-36-37(30)32/h4-19,29-30,32H,1-3H3/t29-,30+,32-/m0/s1. The van der Waals surface area contributed by atoms with E-state index < -0.39 is 23.4 Å². The van der Waals surface area contributed by atoms with Crippen molar-refractivity contribution < 1.29 is 28.6 Å². The largest absolute Gasteiger partial charge is 0.497 e. The number of hydrazone groups is 1. The Morgan fingerprint density at radius 3 is 2.02 bits per heavy atom. The maximum Gasteiger partial charge on any atom is 0.187 e. The van der Waals surface area contributed by atoms with Crippen molar-refractivity contribution in [3.05, 3.63) is 124 Å². The Morgan fingerprint density at radius 1 is 0.744 bits per heavy atom. The lowest BCUT2D eigenvalue weighted by molar-refractivity contribution is 0.0585. The highest BCUT2D eigenvalue weighted by atomic mass is 16.5. The molecule has 0 radical (unpaired) electrons. The Balaban J connectivity index is 1.56. The Bertz CT molecular complexity index is 1790. The third-order valence-corrected chi connectivity index (χ3v) is 8.99. The number of nitrogens with zero attached hydrogens (tertiary/aromatic N) is 2. The van der Waals surface area contributed by atoms with E-state index in [4.69, 9.17) is 19.3 Å². The van der Waals surface area contributed by atoms with E-state index in [0.717, 1.165) is 11.1 Å². The minimum atomic E-state index is -1.72. The summed E-state index contributed by atoms with van der Waals surface area (Å²) in [4.78, 5) is 44.6. The van der Waals surface area contributed by atoms with Gasteiger partial charge < -0.3 is 14.2 Å². The summed E-state index contributed by atoms with van der Waals surface area (Å²) in [6, 6.07) is 24.6. The minimum absolute atomic E-state index is 0.285. The zero-order valence-electron chi connectivity index (χ0n) is 23.8. The Kier molecular flexibility index (Phi) is 6.16. The second kappa shape index (κ2) is 9.94. The van der Waals surface area contributed by atoms with E-state index in [9.17, 15) is 14.4 Å². The van der Waals surface area contributed by atoms with Crippen molar-refractivity contribution in [2.75, 3.05) is 21.3 Å². The highest BCUT2D eigenvalue weighted by Gasteiger charge is 2.73. The maximum absolute atomic E-state index is 14.9. The number of Topliss-reactive ketones (excluding diaryl/α,β-unsaturated/α-hetero) is 3. The summed E-state index contributed by atoms with van der Waals surface area (Å²) in [5, 5.41) is 6.47. The van der Waals surface area contributed by atoms with Gasteiger partial charge in [0.05, 0.1) is 33.6 Å². The van der Waals surface area contributed by atoms with Crippen molar-refractivity contribution in [1.82, 2.24) is 5.01 Å². The lowest BCUT2D eigenvalue weighted by Gasteiger charge is -2.36. The van der Waals surface area contributed by atoms with Gasteiger partial charge in [-0.1, -0.05) is 48.5 Å². The molecule has 8 nitrogen and oxygen atoms in total. The first-order valence-electron chi connectivity index (χ1n) is 14.0. The highest BCUT2D eigenvalue weighted by molar-refractivity contribution is 6.31. The van der Waals surface area contributed by atoms with Gasteiger partial charge in [-0.05, 0) is 53.6 Å². The van der Waals surface area contributed by atoms with Crippen molar-refractivity contribution in [2.24, 2.45) is 10.5 Å². The molecule has 43 heavy (non-hydrogen) atoms. The van der Waals surface area contributed by atoms with Crippen LogP contribution in [0.2, 0.25) is 0 Å². The Labute approximate surface area is 248 Å². The smallest absolute Gasteiger partial charge is 0.187 e. The number of hydrogen-bond acceptors (Lipinski definition) is 8. The molecule has 0 amide bonds. The quantitative estimate of drug-likeness (QED) is 0.222. The molecular formula is C35H28N2O6. The van der Waals surface area contributed by atoms with E-state index >= 15 is 0 Å². The van der Waals surface area contributed by atoms with Crippen LogP contribution in [0.3, 0.4) is 0 Å². The second-order valence-electron chi connectivity index (χ2n) is 10.9. The topological polar surface area (TPSA) is 94.5 Å². The van der Waals surface area contributed by atoms with Crippen LogP contribution in [0.1, 0.15) is 59.7 Å². The normalized spacial score (nSPS) is 20.9. The lowest BCUT2D eigenvalue weighted by Crippen LogP contribution is -2.44. The summed E-state index contributed by atoms with van der Waals surface area (Å²) in [6.07, 6.45) is 1.69. The molecule has 7 rings (SSSR count). The number of benzene rings is 4. The number of rotatable bonds is 6. The highest BCUT2D eigenvalue weighted by Crippen LogP contribution is 2.65. The summed E-state index contributed by atoms with van der Waals surface area (Å²) < 4.78 is 16.7. The van der Waals surface area contributed by atoms with Gasteiger partial charge in [0, 0.05) is 28.2 Å². The van der Waals surface area contributed by atoms with E-state index in [-0.39, 0.29) is 17.3 Å². The molecule has 1 spiro atoms. The fourth-order valence-electron chi connectivity index (χ4n) is 7.13. The van der Waals surface area contributed by atoms with Crippen molar-refractivity contribution >= 4 is 23.6 Å². The van der Waals surface area contributed by atoms with Crippen molar-refractivity contribution in [2.45, 2.75) is 18.0 Å². The van der Waals surface area contributed by atoms with Crippen LogP contribution in [0.5, 0.6) is 17.2 Å². The van der Waals surface area contributed by atoms with Crippen LogP contribution in [0.4, 0.5) is 0 Å². The van der Waals surface area contributed by atoms with E-state index in [1.54, 1.807) is 92.2 Å². The molecular weight excluding hydrogens is 544 g/mol. The van der Waals surface area contributed by atoms with Crippen LogP contribution in [-0.2, 0) is 0 Å². The van der Waals surface area contributed by atoms with E-state index in [1.165, 1.54) is 7.11 Å². The number of ketones is 3. The summed E-state index contributed by atoms with van der Waals surface area (Å²) in [5.74, 6) is -0.396. The van der Waals surface area contributed by atoms with Gasteiger partial charge in [-0.3, -0.25) is 19.4 Å². The average molecular weight is 573 g/mol. The van der Waals surface area contributed by atoms with Gasteiger partial charge in [0.1, 0.15) is 28.7 Å². The lowest BCUT2D eigenvalue weighted by atomic mass is 9.62. The van der Waals surface area contributed by atoms with Gasteiger partial charge in [0.15, 0.2) is 17.3 Å². The SMILES string of the molecule is COc1ccc(C(=O)[C@H]2[C@H](c3cc(OC)ccc3OC)C3(C(=O)c4ccccc4C3=O)[C@@H]3c4ccccc4C=NN32)cc1. The molecule has 3 atom stereocenters. The third kappa shape index (κ3) is 3.62. The number of carbonyl (C=O) groups excluding carboxylic acids is 3. The molecule has 0 saturated carbocycles.